The smallest absolute Gasteiger partial charge is 0.416 e. The number of hydrogen-bond donors (Lipinski definition) is 1. The minimum atomic E-state index is -4.59. The minimum absolute atomic E-state index is 0.0499. The zero-order chi connectivity index (χ0) is 22.1. The molecular weight excluding hydrogens is 395 g/mol. The second-order valence-corrected chi connectivity index (χ2v) is 7.77. The minimum Gasteiger partial charge on any atom is -0.481 e. The Balaban J connectivity index is 2.06. The van der Waals surface area contributed by atoms with Crippen molar-refractivity contribution in [3.8, 4) is 11.1 Å². The van der Waals surface area contributed by atoms with Gasteiger partial charge in [0.1, 0.15) is 0 Å². The van der Waals surface area contributed by atoms with Gasteiger partial charge in [0.15, 0.2) is 0 Å². The Morgan fingerprint density at radius 1 is 1.13 bits per heavy atom. The number of carboxylic acid groups (broad SMARTS) is 1. The topological polar surface area (TPSA) is 57.6 Å². The Bertz CT molecular complexity index is 965. The fraction of sp³-hybridized carbons (Fsp3) is 0.391. The van der Waals surface area contributed by atoms with Crippen LogP contribution in [0.25, 0.3) is 11.1 Å². The molecule has 2 aromatic rings. The van der Waals surface area contributed by atoms with E-state index in [9.17, 15) is 22.8 Å². The molecule has 0 bridgehead atoms. The fourth-order valence-corrected chi connectivity index (χ4v) is 3.56. The second-order valence-electron chi connectivity index (χ2n) is 7.77. The number of carbonyl (C=O) groups excluding carboxylic acids is 1. The van der Waals surface area contributed by atoms with Crippen LogP contribution in [-0.2, 0) is 28.7 Å². The summed E-state index contributed by atoms with van der Waals surface area (Å²) in [6, 6.07) is 8.81. The van der Waals surface area contributed by atoms with Gasteiger partial charge in [0, 0.05) is 19.0 Å². The summed E-state index contributed by atoms with van der Waals surface area (Å²) >= 11 is 0. The summed E-state index contributed by atoms with van der Waals surface area (Å²) in [7, 11) is 0. The fourth-order valence-electron chi connectivity index (χ4n) is 3.56. The molecule has 0 atom stereocenters. The van der Waals surface area contributed by atoms with Crippen LogP contribution in [0.5, 0.6) is 0 Å². The summed E-state index contributed by atoms with van der Waals surface area (Å²) in [4.78, 5) is 25.4. The van der Waals surface area contributed by atoms with E-state index in [1.165, 1.54) is 6.07 Å². The molecule has 2 aromatic carbocycles. The Labute approximate surface area is 173 Å². The summed E-state index contributed by atoms with van der Waals surface area (Å²) in [6.45, 7) is 4.57. The molecule has 1 aliphatic carbocycles. The zero-order valence-electron chi connectivity index (χ0n) is 16.9. The van der Waals surface area contributed by atoms with Crippen molar-refractivity contribution in [3.05, 3.63) is 58.7 Å². The molecule has 4 nitrogen and oxygen atoms in total. The van der Waals surface area contributed by atoms with Gasteiger partial charge in [-0.15, -0.1) is 0 Å². The van der Waals surface area contributed by atoms with Crippen LogP contribution in [0.1, 0.15) is 42.0 Å². The summed E-state index contributed by atoms with van der Waals surface area (Å²) in [5.74, 6) is -1.08. The highest BCUT2D eigenvalue weighted by atomic mass is 19.4. The van der Waals surface area contributed by atoms with Crippen LogP contribution in [0.15, 0.2) is 36.4 Å². The average Bonchev–Trinajstić information content (AvgIpc) is 3.49. The Hall–Kier alpha value is -2.83. The summed E-state index contributed by atoms with van der Waals surface area (Å²) in [5, 5.41) is 9.06. The molecule has 7 heteroatoms. The number of benzene rings is 2. The highest BCUT2D eigenvalue weighted by Gasteiger charge is 2.34. The van der Waals surface area contributed by atoms with Crippen molar-refractivity contribution in [2.45, 2.75) is 45.8 Å². The summed E-state index contributed by atoms with van der Waals surface area (Å²) < 4.78 is 40.3. The molecular formula is C23H24F3NO3. The third kappa shape index (κ3) is 5.20. The van der Waals surface area contributed by atoms with E-state index in [1.54, 1.807) is 17.0 Å². The van der Waals surface area contributed by atoms with E-state index >= 15 is 0 Å². The van der Waals surface area contributed by atoms with Crippen molar-refractivity contribution < 1.29 is 27.9 Å². The first kappa shape index (κ1) is 21.9. The molecule has 1 N–H and O–H groups in total. The number of aliphatic carboxylic acids is 1. The molecule has 1 saturated carbocycles. The maximum absolute atomic E-state index is 13.4. The maximum Gasteiger partial charge on any atom is 0.416 e. The molecule has 0 spiro atoms. The van der Waals surface area contributed by atoms with Crippen LogP contribution in [0.3, 0.4) is 0 Å². The second kappa shape index (κ2) is 8.50. The van der Waals surface area contributed by atoms with Crippen LogP contribution in [0, 0.1) is 12.8 Å². The van der Waals surface area contributed by atoms with Crippen molar-refractivity contribution in [3.63, 3.8) is 0 Å². The van der Waals surface area contributed by atoms with Crippen molar-refractivity contribution in [1.29, 1.82) is 0 Å². The van der Waals surface area contributed by atoms with Gasteiger partial charge in [-0.3, -0.25) is 9.59 Å². The van der Waals surface area contributed by atoms with Crippen LogP contribution in [0.4, 0.5) is 13.2 Å². The number of rotatable bonds is 7. The number of alkyl halides is 3. The number of carbonyl (C=O) groups is 2. The molecule has 0 aromatic heterocycles. The van der Waals surface area contributed by atoms with Gasteiger partial charge in [-0.1, -0.05) is 29.8 Å². The van der Waals surface area contributed by atoms with E-state index in [0.717, 1.165) is 36.1 Å². The largest absolute Gasteiger partial charge is 0.481 e. The highest BCUT2D eigenvalue weighted by Crippen LogP contribution is 2.36. The predicted molar refractivity (Wildman–Crippen MR) is 107 cm³/mol. The van der Waals surface area contributed by atoms with Gasteiger partial charge in [0.05, 0.1) is 12.0 Å². The highest BCUT2D eigenvalue weighted by molar-refractivity contribution is 5.81. The van der Waals surface area contributed by atoms with E-state index in [1.807, 2.05) is 19.9 Å². The van der Waals surface area contributed by atoms with Crippen LogP contribution in [0.2, 0.25) is 0 Å². The van der Waals surface area contributed by atoms with Gasteiger partial charge >= 0.3 is 12.1 Å². The number of nitrogens with zero attached hydrogens (tertiary/aromatic N) is 1. The lowest BCUT2D eigenvalue weighted by Crippen LogP contribution is -2.31. The van der Waals surface area contributed by atoms with Crippen molar-refractivity contribution >= 4 is 11.9 Å². The number of hydrogen-bond acceptors (Lipinski definition) is 2. The van der Waals surface area contributed by atoms with E-state index in [4.69, 9.17) is 5.11 Å². The zero-order valence-corrected chi connectivity index (χ0v) is 16.9. The standard InChI is InChI=1S/C23H24F3NO3/c1-3-27(22(30)16-5-6-16)13-18-8-14(2)4-7-20(18)17-9-15(11-21(28)29)10-19(12-17)23(24,25)26/h4,7-10,12,16H,3,5-6,11,13H2,1-2H3,(H,28,29). The average molecular weight is 419 g/mol. The Kier molecular flexibility index (Phi) is 6.19. The first-order valence-electron chi connectivity index (χ1n) is 9.90. The van der Waals surface area contributed by atoms with E-state index in [2.05, 4.69) is 0 Å². The van der Waals surface area contributed by atoms with Gasteiger partial charge in [-0.05, 0) is 61.1 Å². The molecule has 0 radical (unpaired) electrons. The molecule has 0 heterocycles. The van der Waals surface area contributed by atoms with Crippen molar-refractivity contribution in [1.82, 2.24) is 4.90 Å². The van der Waals surface area contributed by atoms with Crippen LogP contribution in [-0.4, -0.2) is 28.4 Å². The Morgan fingerprint density at radius 2 is 1.83 bits per heavy atom. The van der Waals surface area contributed by atoms with E-state index in [0.29, 0.717) is 24.2 Å². The lowest BCUT2D eigenvalue weighted by Gasteiger charge is -2.23. The Morgan fingerprint density at radius 3 is 2.40 bits per heavy atom. The monoisotopic (exact) mass is 419 g/mol. The molecule has 1 amide bonds. The molecule has 30 heavy (non-hydrogen) atoms. The molecule has 0 unspecified atom stereocenters. The lowest BCUT2D eigenvalue weighted by molar-refractivity contribution is -0.138. The first-order chi connectivity index (χ1) is 14.1. The normalized spacial score (nSPS) is 13.9. The third-order valence-corrected chi connectivity index (χ3v) is 5.23. The molecule has 0 saturated heterocycles. The van der Waals surface area contributed by atoms with Gasteiger partial charge in [-0.25, -0.2) is 0 Å². The SMILES string of the molecule is CCN(Cc1cc(C)ccc1-c1cc(CC(=O)O)cc(C(F)(F)F)c1)C(=O)C1CC1. The molecule has 3 rings (SSSR count). The van der Waals surface area contributed by atoms with Gasteiger partial charge in [0.25, 0.3) is 0 Å². The first-order valence-corrected chi connectivity index (χ1v) is 9.90. The van der Waals surface area contributed by atoms with E-state index < -0.39 is 24.1 Å². The van der Waals surface area contributed by atoms with Gasteiger partial charge < -0.3 is 10.0 Å². The summed E-state index contributed by atoms with van der Waals surface area (Å²) in [5.41, 5.74) is 1.74. The quantitative estimate of drug-likeness (QED) is 0.682. The van der Waals surface area contributed by atoms with Crippen molar-refractivity contribution in [2.75, 3.05) is 6.54 Å². The number of aryl methyl sites for hydroxylation is 1. The molecule has 1 aliphatic rings. The van der Waals surface area contributed by atoms with E-state index in [-0.39, 0.29) is 17.4 Å². The number of carboxylic acids is 1. The number of amides is 1. The van der Waals surface area contributed by atoms with Crippen molar-refractivity contribution in [2.24, 2.45) is 5.92 Å². The molecule has 1 fully saturated rings. The van der Waals surface area contributed by atoms with Gasteiger partial charge in [0.2, 0.25) is 5.91 Å². The predicted octanol–water partition coefficient (Wildman–Crippen LogP) is 5.07. The molecule has 0 aliphatic heterocycles. The summed E-state index contributed by atoms with van der Waals surface area (Å²) in [6.07, 6.45) is -3.34. The maximum atomic E-state index is 13.4. The molecule has 160 valence electrons. The van der Waals surface area contributed by atoms with Crippen LogP contribution >= 0.6 is 0 Å². The third-order valence-electron chi connectivity index (χ3n) is 5.23. The lowest BCUT2D eigenvalue weighted by atomic mass is 9.93. The van der Waals surface area contributed by atoms with Gasteiger partial charge in [-0.2, -0.15) is 13.2 Å². The van der Waals surface area contributed by atoms with Crippen LogP contribution < -0.4 is 0 Å². The number of halogens is 3.